The minimum Gasteiger partial charge on any atom is -0.497 e. The summed E-state index contributed by atoms with van der Waals surface area (Å²) in [5.74, 6) is -0.192. The lowest BCUT2D eigenvalue weighted by atomic mass is 9.94. The molecule has 2 amide bonds. The van der Waals surface area contributed by atoms with Gasteiger partial charge in [-0.25, -0.2) is 0 Å². The fourth-order valence-electron chi connectivity index (χ4n) is 2.85. The van der Waals surface area contributed by atoms with E-state index in [-0.39, 0.29) is 11.8 Å². The van der Waals surface area contributed by atoms with E-state index in [9.17, 15) is 9.59 Å². The van der Waals surface area contributed by atoms with Crippen molar-refractivity contribution in [1.29, 1.82) is 0 Å². The molecule has 0 radical (unpaired) electrons. The average molecular weight is 375 g/mol. The second-order valence-electron chi connectivity index (χ2n) is 6.21. The van der Waals surface area contributed by atoms with Crippen LogP contribution in [0.5, 0.6) is 5.75 Å². The number of aromatic nitrogens is 1. The topological polar surface area (TPSA) is 80.3 Å². The third-order valence-corrected chi connectivity index (χ3v) is 4.17. The molecule has 6 nitrogen and oxygen atoms in total. The van der Waals surface area contributed by atoms with E-state index in [0.717, 1.165) is 11.3 Å². The number of anilines is 2. The van der Waals surface area contributed by atoms with Crippen LogP contribution < -0.4 is 15.4 Å². The normalized spacial score (nSPS) is 11.4. The minimum absolute atomic E-state index is 0.147. The van der Waals surface area contributed by atoms with Gasteiger partial charge in [0.2, 0.25) is 11.8 Å². The van der Waals surface area contributed by atoms with E-state index in [1.165, 1.54) is 6.92 Å². The molecule has 2 aromatic carbocycles. The van der Waals surface area contributed by atoms with Gasteiger partial charge < -0.3 is 15.4 Å². The van der Waals surface area contributed by atoms with E-state index in [0.29, 0.717) is 17.1 Å². The van der Waals surface area contributed by atoms with Crippen molar-refractivity contribution in [2.45, 2.75) is 12.8 Å². The molecule has 0 aliphatic carbocycles. The molecule has 1 unspecified atom stereocenters. The van der Waals surface area contributed by atoms with Gasteiger partial charge >= 0.3 is 0 Å². The molecule has 3 rings (SSSR count). The first-order valence-electron chi connectivity index (χ1n) is 8.80. The summed E-state index contributed by atoms with van der Waals surface area (Å²) < 4.78 is 5.20. The fourth-order valence-corrected chi connectivity index (χ4v) is 2.85. The van der Waals surface area contributed by atoms with E-state index in [4.69, 9.17) is 4.74 Å². The number of hydrogen-bond donors (Lipinski definition) is 2. The van der Waals surface area contributed by atoms with E-state index < -0.39 is 5.92 Å². The van der Waals surface area contributed by atoms with Crippen LogP contribution in [-0.4, -0.2) is 23.9 Å². The van der Waals surface area contributed by atoms with Crippen molar-refractivity contribution in [3.8, 4) is 5.75 Å². The summed E-state index contributed by atoms with van der Waals surface area (Å²) in [4.78, 5) is 28.6. The number of hydrogen-bond acceptors (Lipinski definition) is 4. The highest BCUT2D eigenvalue weighted by molar-refractivity contribution is 5.98. The summed E-state index contributed by atoms with van der Waals surface area (Å²) in [5.41, 5.74) is 2.77. The number of methoxy groups -OCH3 is 1. The molecule has 6 heteroatoms. The van der Waals surface area contributed by atoms with Gasteiger partial charge in [0, 0.05) is 24.5 Å². The summed E-state index contributed by atoms with van der Waals surface area (Å²) in [6, 6.07) is 19.8. The number of rotatable bonds is 6. The van der Waals surface area contributed by atoms with Crippen molar-refractivity contribution < 1.29 is 14.3 Å². The Morgan fingerprint density at radius 3 is 2.07 bits per heavy atom. The van der Waals surface area contributed by atoms with Crippen molar-refractivity contribution in [3.05, 3.63) is 84.2 Å². The molecule has 0 aliphatic heterocycles. The number of benzene rings is 2. The maximum absolute atomic E-state index is 13.1. The van der Waals surface area contributed by atoms with Crippen LogP contribution in [0.4, 0.5) is 11.4 Å². The molecule has 0 saturated heterocycles. The summed E-state index contributed by atoms with van der Waals surface area (Å²) in [6.07, 6.45) is 1.67. The average Bonchev–Trinajstić information content (AvgIpc) is 2.71. The molecule has 28 heavy (non-hydrogen) atoms. The van der Waals surface area contributed by atoms with E-state index in [2.05, 4.69) is 15.6 Å². The van der Waals surface area contributed by atoms with E-state index in [1.54, 1.807) is 37.6 Å². The number of nitrogens with one attached hydrogen (secondary N) is 2. The van der Waals surface area contributed by atoms with Gasteiger partial charge in [0.05, 0.1) is 12.8 Å². The number of pyridine rings is 1. The standard InChI is InChI=1S/C22H21N3O3/c1-15(26)24-17-8-10-18(11-9-17)25-22(27)21(20-5-3-4-14-23-20)16-6-12-19(28-2)13-7-16/h3-14,21H,1-2H3,(H,24,26)(H,25,27). The summed E-state index contributed by atoms with van der Waals surface area (Å²) in [5, 5.41) is 5.62. The second-order valence-corrected chi connectivity index (χ2v) is 6.21. The fraction of sp³-hybridized carbons (Fsp3) is 0.136. The van der Waals surface area contributed by atoms with Crippen molar-refractivity contribution >= 4 is 23.2 Å². The van der Waals surface area contributed by atoms with Crippen LogP contribution in [0, 0.1) is 0 Å². The molecule has 1 heterocycles. The Hall–Kier alpha value is -3.67. The molecular weight excluding hydrogens is 354 g/mol. The zero-order valence-corrected chi connectivity index (χ0v) is 15.7. The molecule has 142 valence electrons. The number of carbonyl (C=O) groups is 2. The molecule has 2 N–H and O–H groups in total. The Bertz CT molecular complexity index is 939. The SMILES string of the molecule is COc1ccc(C(C(=O)Nc2ccc(NC(C)=O)cc2)c2ccccn2)cc1. The van der Waals surface area contributed by atoms with Gasteiger partial charge in [-0.1, -0.05) is 18.2 Å². The molecule has 1 aromatic heterocycles. The zero-order chi connectivity index (χ0) is 19.9. The van der Waals surface area contributed by atoms with Gasteiger partial charge in [-0.05, 0) is 54.1 Å². The Labute approximate surface area is 163 Å². The predicted molar refractivity (Wildman–Crippen MR) is 108 cm³/mol. The first kappa shape index (κ1) is 19.1. The van der Waals surface area contributed by atoms with E-state index in [1.807, 2.05) is 42.5 Å². The zero-order valence-electron chi connectivity index (χ0n) is 15.7. The minimum atomic E-state index is -0.567. The highest BCUT2D eigenvalue weighted by atomic mass is 16.5. The molecule has 3 aromatic rings. The van der Waals surface area contributed by atoms with Crippen LogP contribution in [0.15, 0.2) is 72.9 Å². The second kappa shape index (κ2) is 8.81. The lowest BCUT2D eigenvalue weighted by Crippen LogP contribution is -2.23. The van der Waals surface area contributed by atoms with Crippen molar-refractivity contribution in [3.63, 3.8) is 0 Å². The number of carbonyl (C=O) groups excluding carboxylic acids is 2. The highest BCUT2D eigenvalue weighted by Gasteiger charge is 2.24. The van der Waals surface area contributed by atoms with Gasteiger partial charge in [0.25, 0.3) is 0 Å². The summed E-state index contributed by atoms with van der Waals surface area (Å²) in [7, 11) is 1.60. The van der Waals surface area contributed by atoms with Crippen molar-refractivity contribution in [1.82, 2.24) is 4.98 Å². The van der Waals surface area contributed by atoms with Gasteiger partial charge in [-0.3, -0.25) is 14.6 Å². The largest absolute Gasteiger partial charge is 0.497 e. The number of nitrogens with zero attached hydrogens (tertiary/aromatic N) is 1. The molecule has 0 bridgehead atoms. The summed E-state index contributed by atoms with van der Waals surface area (Å²) in [6.45, 7) is 1.45. The Kier molecular flexibility index (Phi) is 6.01. The Balaban J connectivity index is 1.85. The molecular formula is C22H21N3O3. The van der Waals surface area contributed by atoms with Crippen molar-refractivity contribution in [2.75, 3.05) is 17.7 Å². The molecule has 0 fully saturated rings. The maximum Gasteiger partial charge on any atom is 0.237 e. The van der Waals surface area contributed by atoms with Crippen LogP contribution in [0.25, 0.3) is 0 Å². The highest BCUT2D eigenvalue weighted by Crippen LogP contribution is 2.27. The maximum atomic E-state index is 13.1. The molecule has 0 spiro atoms. The number of ether oxygens (including phenoxy) is 1. The lowest BCUT2D eigenvalue weighted by molar-refractivity contribution is -0.117. The Morgan fingerprint density at radius 1 is 0.893 bits per heavy atom. The van der Waals surface area contributed by atoms with Gasteiger partial charge in [-0.15, -0.1) is 0 Å². The molecule has 0 saturated carbocycles. The van der Waals surface area contributed by atoms with Crippen LogP contribution >= 0.6 is 0 Å². The summed E-state index contributed by atoms with van der Waals surface area (Å²) >= 11 is 0. The van der Waals surface area contributed by atoms with Crippen molar-refractivity contribution in [2.24, 2.45) is 0 Å². The van der Waals surface area contributed by atoms with Gasteiger partial charge in [-0.2, -0.15) is 0 Å². The molecule has 0 aliphatic rings. The predicted octanol–water partition coefficient (Wildman–Crippen LogP) is 3.82. The smallest absolute Gasteiger partial charge is 0.237 e. The third kappa shape index (κ3) is 4.73. The first-order valence-corrected chi connectivity index (χ1v) is 8.80. The van der Waals surface area contributed by atoms with Crippen LogP contribution in [0.3, 0.4) is 0 Å². The van der Waals surface area contributed by atoms with Crippen LogP contribution in [0.2, 0.25) is 0 Å². The number of amides is 2. The van der Waals surface area contributed by atoms with E-state index >= 15 is 0 Å². The van der Waals surface area contributed by atoms with Gasteiger partial charge in [0.15, 0.2) is 0 Å². The third-order valence-electron chi connectivity index (χ3n) is 4.17. The lowest BCUT2D eigenvalue weighted by Gasteiger charge is -2.17. The monoisotopic (exact) mass is 375 g/mol. The quantitative estimate of drug-likeness (QED) is 0.686. The Morgan fingerprint density at radius 2 is 1.54 bits per heavy atom. The first-order chi connectivity index (χ1) is 13.6. The van der Waals surface area contributed by atoms with Gasteiger partial charge in [0.1, 0.15) is 11.7 Å². The van der Waals surface area contributed by atoms with Crippen LogP contribution in [0.1, 0.15) is 24.1 Å². The molecule has 1 atom stereocenters. The van der Waals surface area contributed by atoms with Crippen LogP contribution in [-0.2, 0) is 9.59 Å².